The monoisotopic (exact) mass is 342 g/mol. The SMILES string of the molecule is C[C@]12CC[C@H]3[C@@H](C=CC4=CC(=O)CC[C@@]43C=O)[C@@H]1CC[C@@H]2C(=O)CO. The van der Waals surface area contributed by atoms with Crippen LogP contribution in [0.5, 0.6) is 0 Å². The highest BCUT2D eigenvalue weighted by molar-refractivity contribution is 5.94. The Morgan fingerprint density at radius 3 is 2.80 bits per heavy atom. The van der Waals surface area contributed by atoms with Gasteiger partial charge in [0.2, 0.25) is 0 Å². The fraction of sp³-hybridized carbons (Fsp3) is 0.667. The Hall–Kier alpha value is -1.55. The summed E-state index contributed by atoms with van der Waals surface area (Å²) in [7, 11) is 0. The van der Waals surface area contributed by atoms with E-state index < -0.39 is 5.41 Å². The molecule has 4 rings (SSSR count). The lowest BCUT2D eigenvalue weighted by Gasteiger charge is -2.55. The van der Waals surface area contributed by atoms with E-state index in [0.717, 1.165) is 37.5 Å². The zero-order valence-corrected chi connectivity index (χ0v) is 14.7. The molecule has 0 saturated heterocycles. The van der Waals surface area contributed by atoms with Gasteiger partial charge in [0.1, 0.15) is 12.9 Å². The Bertz CT molecular complexity index is 690. The van der Waals surface area contributed by atoms with Crippen molar-refractivity contribution in [1.29, 1.82) is 0 Å². The second-order valence-electron chi connectivity index (χ2n) is 8.67. The topological polar surface area (TPSA) is 71.4 Å². The van der Waals surface area contributed by atoms with Crippen LogP contribution in [0.3, 0.4) is 0 Å². The summed E-state index contributed by atoms with van der Waals surface area (Å²) in [4.78, 5) is 36.3. The van der Waals surface area contributed by atoms with Crippen molar-refractivity contribution in [3.05, 3.63) is 23.8 Å². The van der Waals surface area contributed by atoms with Crippen LogP contribution in [0.15, 0.2) is 23.8 Å². The second kappa shape index (κ2) is 5.73. The van der Waals surface area contributed by atoms with Gasteiger partial charge in [0.05, 0.1) is 5.41 Å². The van der Waals surface area contributed by atoms with Crippen LogP contribution in [0.25, 0.3) is 0 Å². The number of Topliss-reactive ketones (excluding diaryl/α,β-unsaturated/α-hetero) is 1. The zero-order chi connectivity index (χ0) is 17.8. The number of aldehydes is 1. The van der Waals surface area contributed by atoms with Crippen LogP contribution in [-0.2, 0) is 14.4 Å². The molecule has 0 aromatic carbocycles. The number of carbonyl (C=O) groups is 3. The van der Waals surface area contributed by atoms with E-state index in [9.17, 15) is 19.5 Å². The maximum atomic E-state index is 12.2. The minimum Gasteiger partial charge on any atom is -0.389 e. The molecule has 134 valence electrons. The maximum Gasteiger partial charge on any atom is 0.161 e. The fourth-order valence-electron chi connectivity index (χ4n) is 6.59. The van der Waals surface area contributed by atoms with Crippen LogP contribution < -0.4 is 0 Å². The normalized spacial score (nSPS) is 45.2. The molecule has 4 aliphatic carbocycles. The van der Waals surface area contributed by atoms with E-state index in [0.29, 0.717) is 18.8 Å². The van der Waals surface area contributed by atoms with Crippen molar-refractivity contribution in [3.8, 4) is 0 Å². The molecule has 2 saturated carbocycles. The third-order valence-corrected chi connectivity index (χ3v) is 7.89. The molecule has 0 aliphatic heterocycles. The predicted molar refractivity (Wildman–Crippen MR) is 92.6 cm³/mol. The van der Waals surface area contributed by atoms with Crippen molar-refractivity contribution in [2.24, 2.45) is 34.5 Å². The number of hydrogen-bond donors (Lipinski definition) is 1. The first kappa shape index (κ1) is 16.9. The number of fused-ring (bicyclic) bond motifs is 5. The summed E-state index contributed by atoms with van der Waals surface area (Å²) < 4.78 is 0. The maximum absolute atomic E-state index is 12.2. The number of carbonyl (C=O) groups excluding carboxylic acids is 3. The molecule has 2 fully saturated rings. The Kier molecular flexibility index (Phi) is 3.87. The zero-order valence-electron chi connectivity index (χ0n) is 14.7. The van der Waals surface area contributed by atoms with Crippen LogP contribution in [-0.4, -0.2) is 29.6 Å². The molecule has 0 radical (unpaired) electrons. The first-order valence-electron chi connectivity index (χ1n) is 9.49. The highest BCUT2D eigenvalue weighted by atomic mass is 16.3. The number of aliphatic hydroxyl groups is 1. The van der Waals surface area contributed by atoms with Gasteiger partial charge in [-0.2, -0.15) is 0 Å². The van der Waals surface area contributed by atoms with Gasteiger partial charge in [0, 0.05) is 12.3 Å². The van der Waals surface area contributed by atoms with Gasteiger partial charge in [-0.05, 0) is 66.9 Å². The summed E-state index contributed by atoms with van der Waals surface area (Å²) in [6, 6.07) is 0. The van der Waals surface area contributed by atoms with E-state index >= 15 is 0 Å². The van der Waals surface area contributed by atoms with Crippen LogP contribution in [0.2, 0.25) is 0 Å². The second-order valence-corrected chi connectivity index (χ2v) is 8.67. The van der Waals surface area contributed by atoms with Crippen molar-refractivity contribution in [2.75, 3.05) is 6.61 Å². The molecule has 0 aromatic rings. The van der Waals surface area contributed by atoms with Crippen molar-refractivity contribution < 1.29 is 19.5 Å². The van der Waals surface area contributed by atoms with Crippen LogP contribution >= 0.6 is 0 Å². The molecule has 0 amide bonds. The quantitative estimate of drug-likeness (QED) is 0.801. The van der Waals surface area contributed by atoms with Gasteiger partial charge in [-0.3, -0.25) is 9.59 Å². The lowest BCUT2D eigenvalue weighted by Crippen LogP contribution is -2.51. The molecule has 0 aromatic heterocycles. The first-order valence-corrected chi connectivity index (χ1v) is 9.49. The minimum atomic E-state index is -0.520. The number of rotatable bonds is 3. The molecular weight excluding hydrogens is 316 g/mol. The molecule has 6 atom stereocenters. The van der Waals surface area contributed by atoms with Crippen molar-refractivity contribution in [2.45, 2.75) is 45.4 Å². The molecule has 4 nitrogen and oxygen atoms in total. The van der Waals surface area contributed by atoms with Gasteiger partial charge < -0.3 is 9.90 Å². The van der Waals surface area contributed by atoms with Gasteiger partial charge in [0.15, 0.2) is 11.6 Å². The molecule has 0 spiro atoms. The fourth-order valence-corrected chi connectivity index (χ4v) is 6.59. The van der Waals surface area contributed by atoms with Crippen molar-refractivity contribution in [3.63, 3.8) is 0 Å². The number of hydrogen-bond acceptors (Lipinski definition) is 4. The molecule has 1 N–H and O–H groups in total. The molecule has 4 heteroatoms. The lowest BCUT2D eigenvalue weighted by atomic mass is 9.48. The highest BCUT2D eigenvalue weighted by Crippen LogP contribution is 2.64. The van der Waals surface area contributed by atoms with E-state index in [1.54, 1.807) is 6.08 Å². The third kappa shape index (κ3) is 2.19. The molecule has 4 aliphatic rings. The smallest absolute Gasteiger partial charge is 0.161 e. The molecule has 0 heterocycles. The minimum absolute atomic E-state index is 0.0304. The highest BCUT2D eigenvalue weighted by Gasteiger charge is 2.60. The molecule has 0 unspecified atom stereocenters. The molecule has 0 bridgehead atoms. The summed E-state index contributed by atoms with van der Waals surface area (Å²) in [5.74, 6) is 0.914. The average molecular weight is 342 g/mol. The number of ketones is 2. The lowest BCUT2D eigenvalue weighted by molar-refractivity contribution is -0.134. The van der Waals surface area contributed by atoms with E-state index in [4.69, 9.17) is 0 Å². The molecular formula is C21H26O4. The van der Waals surface area contributed by atoms with Crippen LogP contribution in [0, 0.1) is 34.5 Å². The number of allylic oxidation sites excluding steroid dienone is 4. The van der Waals surface area contributed by atoms with Gasteiger partial charge >= 0.3 is 0 Å². The van der Waals surface area contributed by atoms with Gasteiger partial charge in [-0.25, -0.2) is 0 Å². The van der Waals surface area contributed by atoms with Crippen LogP contribution in [0.1, 0.15) is 45.4 Å². The Morgan fingerprint density at radius 1 is 1.28 bits per heavy atom. The van der Waals surface area contributed by atoms with E-state index in [-0.39, 0.29) is 41.3 Å². The summed E-state index contributed by atoms with van der Waals surface area (Å²) in [5.41, 5.74) is 0.291. The Balaban J connectivity index is 1.73. The summed E-state index contributed by atoms with van der Waals surface area (Å²) in [6.45, 7) is 1.83. The largest absolute Gasteiger partial charge is 0.389 e. The Labute approximate surface area is 148 Å². The van der Waals surface area contributed by atoms with Gasteiger partial charge in [-0.15, -0.1) is 0 Å². The predicted octanol–water partition coefficient (Wildman–Crippen LogP) is 2.65. The summed E-state index contributed by atoms with van der Waals surface area (Å²) >= 11 is 0. The van der Waals surface area contributed by atoms with E-state index in [1.165, 1.54) is 0 Å². The van der Waals surface area contributed by atoms with Gasteiger partial charge in [-0.1, -0.05) is 19.1 Å². The van der Waals surface area contributed by atoms with Crippen molar-refractivity contribution in [1.82, 2.24) is 0 Å². The first-order chi connectivity index (χ1) is 12.0. The summed E-state index contributed by atoms with van der Waals surface area (Å²) in [6.07, 6.45) is 11.7. The molecule has 25 heavy (non-hydrogen) atoms. The Morgan fingerprint density at radius 2 is 2.08 bits per heavy atom. The number of aliphatic hydroxyl groups excluding tert-OH is 1. The summed E-state index contributed by atoms with van der Waals surface area (Å²) in [5, 5.41) is 9.34. The van der Waals surface area contributed by atoms with E-state index in [2.05, 4.69) is 13.0 Å². The van der Waals surface area contributed by atoms with Crippen molar-refractivity contribution >= 4 is 17.9 Å². The van der Waals surface area contributed by atoms with Crippen LogP contribution in [0.4, 0.5) is 0 Å². The standard InChI is InChI=1S/C21H26O4/c1-20-8-7-17-15(16(20)4-5-18(20)19(25)11-22)3-2-13-10-14(24)6-9-21(13,17)12-23/h2-3,10,12,15-18,22H,4-9,11H2,1H3/t15-,16-,17-,18+,20-,21+/m0/s1. The van der Waals surface area contributed by atoms with E-state index in [1.807, 2.05) is 6.08 Å². The third-order valence-electron chi connectivity index (χ3n) is 7.89. The average Bonchev–Trinajstić information content (AvgIpc) is 2.98. The van der Waals surface area contributed by atoms with Gasteiger partial charge in [0.25, 0.3) is 0 Å².